The lowest BCUT2D eigenvalue weighted by Crippen LogP contribution is -2.35. The molecule has 1 rings (SSSR count). The van der Waals surface area contributed by atoms with Crippen LogP contribution in [-0.2, 0) is 6.54 Å². The number of alkyl halides is 1. The van der Waals surface area contributed by atoms with Crippen molar-refractivity contribution in [3.63, 3.8) is 0 Å². The maximum absolute atomic E-state index is 13.1. The van der Waals surface area contributed by atoms with Crippen LogP contribution in [-0.4, -0.2) is 23.4 Å². The van der Waals surface area contributed by atoms with E-state index in [-0.39, 0.29) is 5.82 Å². The first-order valence-electron chi connectivity index (χ1n) is 6.67. The molecule has 0 unspecified atom stereocenters. The fourth-order valence-corrected chi connectivity index (χ4v) is 2.58. The summed E-state index contributed by atoms with van der Waals surface area (Å²) in [4.78, 5) is 2.40. The molecule has 0 fully saturated rings. The number of benzene rings is 1. The van der Waals surface area contributed by atoms with E-state index in [2.05, 4.69) is 18.7 Å². The third kappa shape index (κ3) is 4.25. The summed E-state index contributed by atoms with van der Waals surface area (Å²) in [6.07, 6.45) is 2.24. The van der Waals surface area contributed by atoms with Crippen LogP contribution in [0.15, 0.2) is 18.2 Å². The van der Waals surface area contributed by atoms with E-state index < -0.39 is 0 Å². The zero-order valence-electron chi connectivity index (χ0n) is 11.5. The molecule has 0 bridgehead atoms. The Morgan fingerprint density at radius 1 is 1.28 bits per heavy atom. The van der Waals surface area contributed by atoms with E-state index >= 15 is 0 Å². The van der Waals surface area contributed by atoms with Crippen LogP contribution in [0.5, 0.6) is 0 Å². The van der Waals surface area contributed by atoms with Gasteiger partial charge >= 0.3 is 0 Å². The molecule has 1 aromatic rings. The quantitative estimate of drug-likeness (QED) is 0.666. The van der Waals surface area contributed by atoms with Gasteiger partial charge in [0.05, 0.1) is 0 Å². The summed E-state index contributed by atoms with van der Waals surface area (Å²) in [5.74, 6) is 0.471. The van der Waals surface area contributed by atoms with E-state index in [9.17, 15) is 4.39 Å². The highest BCUT2D eigenvalue weighted by molar-refractivity contribution is 6.18. The number of nitrogens with zero attached hydrogens (tertiary/aromatic N) is 1. The second-order valence-corrected chi connectivity index (χ2v) is 5.08. The van der Waals surface area contributed by atoms with Gasteiger partial charge in [0.15, 0.2) is 0 Å². The normalized spacial score (nSPS) is 11.5. The largest absolute Gasteiger partial charge is 0.295 e. The molecule has 0 atom stereocenters. The van der Waals surface area contributed by atoms with Crippen LogP contribution in [0.2, 0.25) is 0 Å². The molecule has 0 spiro atoms. The first-order chi connectivity index (χ1) is 8.62. The van der Waals surface area contributed by atoms with Crippen molar-refractivity contribution in [2.75, 3.05) is 12.4 Å². The summed E-state index contributed by atoms with van der Waals surface area (Å²) in [7, 11) is 0. The lowest BCUT2D eigenvalue weighted by Gasteiger charge is -2.30. The van der Waals surface area contributed by atoms with Gasteiger partial charge in [0, 0.05) is 25.0 Å². The topological polar surface area (TPSA) is 3.24 Å². The van der Waals surface area contributed by atoms with Gasteiger partial charge in [0.2, 0.25) is 0 Å². The van der Waals surface area contributed by atoms with Gasteiger partial charge in [0.25, 0.3) is 0 Å². The fraction of sp³-hybridized carbons (Fsp3) is 0.600. The van der Waals surface area contributed by atoms with Crippen LogP contribution in [0, 0.1) is 12.7 Å². The Kier molecular flexibility index (Phi) is 6.66. The number of halogens is 2. The highest BCUT2D eigenvalue weighted by Gasteiger charge is 2.15. The Labute approximate surface area is 115 Å². The van der Waals surface area contributed by atoms with Crippen molar-refractivity contribution >= 4 is 11.6 Å². The maximum atomic E-state index is 13.1. The molecule has 3 heteroatoms. The van der Waals surface area contributed by atoms with Crippen molar-refractivity contribution < 1.29 is 4.39 Å². The van der Waals surface area contributed by atoms with Crippen LogP contribution >= 0.6 is 11.6 Å². The van der Waals surface area contributed by atoms with Gasteiger partial charge in [-0.2, -0.15) is 0 Å². The Balaban J connectivity index is 2.82. The molecule has 102 valence electrons. The molecule has 0 saturated carbocycles. The van der Waals surface area contributed by atoms with Gasteiger partial charge in [0.1, 0.15) is 5.82 Å². The zero-order chi connectivity index (χ0) is 13.5. The summed E-state index contributed by atoms with van der Waals surface area (Å²) in [6.45, 7) is 8.10. The molecule has 0 amide bonds. The van der Waals surface area contributed by atoms with Gasteiger partial charge in [-0.25, -0.2) is 4.39 Å². The number of hydrogen-bond donors (Lipinski definition) is 0. The second kappa shape index (κ2) is 7.75. The van der Waals surface area contributed by atoms with Crippen molar-refractivity contribution in [1.82, 2.24) is 4.90 Å². The van der Waals surface area contributed by atoms with Crippen LogP contribution in [0.3, 0.4) is 0 Å². The Morgan fingerprint density at radius 2 is 1.94 bits per heavy atom. The monoisotopic (exact) mass is 271 g/mol. The molecular weight excluding hydrogens is 249 g/mol. The van der Waals surface area contributed by atoms with Crippen LogP contribution < -0.4 is 0 Å². The van der Waals surface area contributed by atoms with E-state index in [0.717, 1.165) is 31.5 Å². The molecule has 0 saturated heterocycles. The smallest absolute Gasteiger partial charge is 0.123 e. The summed E-state index contributed by atoms with van der Waals surface area (Å²) >= 11 is 5.88. The summed E-state index contributed by atoms with van der Waals surface area (Å²) < 4.78 is 13.1. The zero-order valence-corrected chi connectivity index (χ0v) is 12.3. The molecule has 0 aromatic heterocycles. The highest BCUT2D eigenvalue weighted by atomic mass is 35.5. The molecule has 1 aromatic carbocycles. The number of aryl methyl sites for hydroxylation is 1. The van der Waals surface area contributed by atoms with Crippen molar-refractivity contribution in [2.24, 2.45) is 0 Å². The lowest BCUT2D eigenvalue weighted by molar-refractivity contribution is 0.188. The van der Waals surface area contributed by atoms with E-state index in [1.54, 1.807) is 6.07 Å². The van der Waals surface area contributed by atoms with E-state index in [0.29, 0.717) is 11.9 Å². The molecule has 1 nitrogen and oxygen atoms in total. The minimum atomic E-state index is -0.164. The molecule has 18 heavy (non-hydrogen) atoms. The van der Waals surface area contributed by atoms with Crippen molar-refractivity contribution in [2.45, 2.75) is 46.2 Å². The molecule has 0 aliphatic carbocycles. The molecule has 0 aliphatic rings. The number of hydrogen-bond acceptors (Lipinski definition) is 1. The fourth-order valence-electron chi connectivity index (χ4n) is 2.36. The lowest BCUT2D eigenvalue weighted by atomic mass is 10.1. The van der Waals surface area contributed by atoms with Gasteiger partial charge in [-0.15, -0.1) is 11.6 Å². The molecule has 0 N–H and O–H groups in total. The predicted octanol–water partition coefficient (Wildman–Crippen LogP) is 4.36. The summed E-state index contributed by atoms with van der Waals surface area (Å²) in [5.41, 5.74) is 2.20. The third-order valence-corrected chi connectivity index (χ3v) is 3.68. The van der Waals surface area contributed by atoms with Crippen molar-refractivity contribution in [3.8, 4) is 0 Å². The van der Waals surface area contributed by atoms with Crippen LogP contribution in [0.1, 0.15) is 37.8 Å². The van der Waals surface area contributed by atoms with E-state index in [4.69, 9.17) is 11.6 Å². The highest BCUT2D eigenvalue weighted by Crippen LogP contribution is 2.17. The minimum absolute atomic E-state index is 0.164. The third-order valence-electron chi connectivity index (χ3n) is 3.51. The van der Waals surface area contributed by atoms with Gasteiger partial charge < -0.3 is 0 Å². The average molecular weight is 272 g/mol. The van der Waals surface area contributed by atoms with Crippen molar-refractivity contribution in [3.05, 3.63) is 35.1 Å². The minimum Gasteiger partial charge on any atom is -0.295 e. The second-order valence-electron chi connectivity index (χ2n) is 4.70. The predicted molar refractivity (Wildman–Crippen MR) is 76.6 cm³/mol. The summed E-state index contributed by atoms with van der Waals surface area (Å²) in [6, 6.07) is 5.57. The standard InChI is InChI=1S/C15H23ClFN/c1-4-15(5-2)18(9-8-16)11-13-6-7-14(17)10-12(13)3/h6-7,10,15H,4-5,8-9,11H2,1-3H3. The Morgan fingerprint density at radius 3 is 2.44 bits per heavy atom. The average Bonchev–Trinajstić information content (AvgIpc) is 2.34. The number of rotatable bonds is 7. The van der Waals surface area contributed by atoms with Gasteiger partial charge in [-0.3, -0.25) is 4.90 Å². The van der Waals surface area contributed by atoms with E-state index in [1.165, 1.54) is 11.6 Å². The van der Waals surface area contributed by atoms with Crippen LogP contribution in [0.25, 0.3) is 0 Å². The molecular formula is C15H23ClFN. The van der Waals surface area contributed by atoms with Gasteiger partial charge in [-0.1, -0.05) is 19.9 Å². The van der Waals surface area contributed by atoms with E-state index in [1.807, 2.05) is 13.0 Å². The Bertz CT molecular complexity index is 364. The van der Waals surface area contributed by atoms with Crippen LogP contribution in [0.4, 0.5) is 4.39 Å². The van der Waals surface area contributed by atoms with Gasteiger partial charge in [-0.05, 0) is 43.0 Å². The molecule has 0 heterocycles. The Hall–Kier alpha value is -0.600. The SMILES string of the molecule is CCC(CC)N(CCCl)Cc1ccc(F)cc1C. The molecule has 0 aliphatic heterocycles. The van der Waals surface area contributed by atoms with Crippen molar-refractivity contribution in [1.29, 1.82) is 0 Å². The first kappa shape index (κ1) is 15.5. The maximum Gasteiger partial charge on any atom is 0.123 e. The summed E-state index contributed by atoms with van der Waals surface area (Å²) in [5, 5.41) is 0. The first-order valence-corrected chi connectivity index (χ1v) is 7.20. The molecule has 0 radical (unpaired) electrons.